The van der Waals surface area contributed by atoms with E-state index < -0.39 is 5.91 Å². The van der Waals surface area contributed by atoms with Gasteiger partial charge in [-0.2, -0.15) is 0 Å². The molecule has 1 saturated heterocycles. The standard InChI is InChI=1S/C26H30N4O2/c27-26(32)24-11-4-5-12-25(24)28-19-22(17-20-7-6-10-23(31)18-20)30-15-13-29(14-16-30)21-8-2-1-3-9-21/h1-12,18,22,28,31H,13-17,19H2,(H2,27,32). The highest BCUT2D eigenvalue weighted by molar-refractivity contribution is 5.98. The number of primary amides is 1. The number of hydrogen-bond acceptors (Lipinski definition) is 5. The third-order valence-electron chi connectivity index (χ3n) is 6.05. The maximum absolute atomic E-state index is 11.8. The zero-order valence-electron chi connectivity index (χ0n) is 18.2. The number of carbonyl (C=O) groups is 1. The molecule has 1 amide bonds. The molecule has 166 valence electrons. The Hall–Kier alpha value is -3.51. The van der Waals surface area contributed by atoms with Crippen molar-refractivity contribution in [1.29, 1.82) is 0 Å². The summed E-state index contributed by atoms with van der Waals surface area (Å²) in [5.41, 5.74) is 9.15. The highest BCUT2D eigenvalue weighted by Gasteiger charge is 2.24. The molecule has 32 heavy (non-hydrogen) atoms. The first-order valence-corrected chi connectivity index (χ1v) is 11.0. The first kappa shape index (κ1) is 21.7. The Kier molecular flexibility index (Phi) is 6.92. The predicted molar refractivity (Wildman–Crippen MR) is 129 cm³/mol. The Morgan fingerprint density at radius 3 is 2.38 bits per heavy atom. The number of phenolic OH excluding ortho intramolecular Hbond substituents is 1. The van der Waals surface area contributed by atoms with Crippen molar-refractivity contribution >= 4 is 17.3 Å². The van der Waals surface area contributed by atoms with Gasteiger partial charge in [0.1, 0.15) is 5.75 Å². The molecular weight excluding hydrogens is 400 g/mol. The molecule has 0 saturated carbocycles. The molecule has 3 aromatic rings. The summed E-state index contributed by atoms with van der Waals surface area (Å²) in [6.07, 6.45) is 0.797. The maximum atomic E-state index is 11.8. The van der Waals surface area contributed by atoms with Crippen LogP contribution in [0.2, 0.25) is 0 Å². The van der Waals surface area contributed by atoms with Gasteiger partial charge in [0.25, 0.3) is 5.91 Å². The number of aromatic hydroxyl groups is 1. The zero-order chi connectivity index (χ0) is 22.3. The molecule has 1 unspecified atom stereocenters. The lowest BCUT2D eigenvalue weighted by Crippen LogP contribution is -2.53. The van der Waals surface area contributed by atoms with Crippen molar-refractivity contribution in [2.75, 3.05) is 42.9 Å². The van der Waals surface area contributed by atoms with Gasteiger partial charge in [0.2, 0.25) is 0 Å². The third kappa shape index (κ3) is 5.39. The fourth-order valence-corrected chi connectivity index (χ4v) is 4.35. The van der Waals surface area contributed by atoms with Crippen LogP contribution < -0.4 is 16.0 Å². The van der Waals surface area contributed by atoms with Crippen LogP contribution in [0.4, 0.5) is 11.4 Å². The van der Waals surface area contributed by atoms with E-state index >= 15 is 0 Å². The topological polar surface area (TPSA) is 81.8 Å². The SMILES string of the molecule is NC(=O)c1ccccc1NCC(Cc1cccc(O)c1)N1CCN(c2ccccc2)CC1. The van der Waals surface area contributed by atoms with E-state index in [0.29, 0.717) is 12.1 Å². The van der Waals surface area contributed by atoms with Crippen LogP contribution in [0.15, 0.2) is 78.9 Å². The molecule has 1 atom stereocenters. The van der Waals surface area contributed by atoms with Crippen LogP contribution in [0, 0.1) is 0 Å². The molecule has 4 rings (SSSR count). The van der Waals surface area contributed by atoms with E-state index in [1.807, 2.05) is 42.5 Å². The lowest BCUT2D eigenvalue weighted by atomic mass is 10.0. The summed E-state index contributed by atoms with van der Waals surface area (Å²) in [6.45, 7) is 4.47. The summed E-state index contributed by atoms with van der Waals surface area (Å²) in [5.74, 6) is -0.156. The molecule has 3 aromatic carbocycles. The number of rotatable bonds is 8. The number of carbonyl (C=O) groups excluding carboxylic acids is 1. The van der Waals surface area contributed by atoms with E-state index in [1.54, 1.807) is 12.1 Å². The minimum absolute atomic E-state index is 0.204. The van der Waals surface area contributed by atoms with Crippen LogP contribution in [0.25, 0.3) is 0 Å². The molecule has 4 N–H and O–H groups in total. The molecule has 0 aromatic heterocycles. The molecule has 6 nitrogen and oxygen atoms in total. The van der Waals surface area contributed by atoms with Gasteiger partial charge in [0.15, 0.2) is 0 Å². The molecule has 0 radical (unpaired) electrons. The lowest BCUT2D eigenvalue weighted by molar-refractivity contribution is 0.100. The van der Waals surface area contributed by atoms with E-state index in [1.165, 1.54) is 5.69 Å². The summed E-state index contributed by atoms with van der Waals surface area (Å²) in [4.78, 5) is 16.7. The van der Waals surface area contributed by atoms with Crippen molar-refractivity contribution in [1.82, 2.24) is 4.90 Å². The average molecular weight is 431 g/mol. The molecular formula is C26H30N4O2. The van der Waals surface area contributed by atoms with Gasteiger partial charge in [-0.1, -0.05) is 42.5 Å². The van der Waals surface area contributed by atoms with Crippen LogP contribution in [0.1, 0.15) is 15.9 Å². The van der Waals surface area contributed by atoms with Gasteiger partial charge >= 0.3 is 0 Å². The van der Waals surface area contributed by atoms with E-state index in [9.17, 15) is 9.90 Å². The number of amides is 1. The second-order valence-electron chi connectivity index (χ2n) is 8.18. The first-order valence-electron chi connectivity index (χ1n) is 11.0. The normalized spacial score (nSPS) is 15.3. The first-order chi connectivity index (χ1) is 15.6. The smallest absolute Gasteiger partial charge is 0.250 e. The summed E-state index contributed by atoms with van der Waals surface area (Å²) in [7, 11) is 0. The van der Waals surface area contributed by atoms with E-state index in [4.69, 9.17) is 5.73 Å². The minimum Gasteiger partial charge on any atom is -0.508 e. The highest BCUT2D eigenvalue weighted by Crippen LogP contribution is 2.21. The zero-order valence-corrected chi connectivity index (χ0v) is 18.2. The van der Waals surface area contributed by atoms with Gasteiger partial charge in [-0.05, 0) is 48.4 Å². The fraction of sp³-hybridized carbons (Fsp3) is 0.269. The van der Waals surface area contributed by atoms with Crippen molar-refractivity contribution < 1.29 is 9.90 Å². The average Bonchev–Trinajstić information content (AvgIpc) is 2.82. The number of phenols is 1. The van der Waals surface area contributed by atoms with Gasteiger partial charge in [0, 0.05) is 50.1 Å². The van der Waals surface area contributed by atoms with Crippen LogP contribution in [0.5, 0.6) is 5.75 Å². The Balaban J connectivity index is 1.47. The highest BCUT2D eigenvalue weighted by atomic mass is 16.3. The Labute approximate surface area is 189 Å². The van der Waals surface area contributed by atoms with Crippen molar-refractivity contribution in [2.45, 2.75) is 12.5 Å². The van der Waals surface area contributed by atoms with Crippen molar-refractivity contribution in [3.05, 3.63) is 90.0 Å². The molecule has 1 heterocycles. The van der Waals surface area contributed by atoms with E-state index in [0.717, 1.165) is 43.9 Å². The van der Waals surface area contributed by atoms with E-state index in [2.05, 4.69) is 39.4 Å². The number of anilines is 2. The van der Waals surface area contributed by atoms with Crippen LogP contribution in [-0.2, 0) is 6.42 Å². The second kappa shape index (κ2) is 10.2. The minimum atomic E-state index is -0.436. The van der Waals surface area contributed by atoms with Crippen molar-refractivity contribution in [2.24, 2.45) is 5.73 Å². The van der Waals surface area contributed by atoms with Gasteiger partial charge in [-0.15, -0.1) is 0 Å². The monoisotopic (exact) mass is 430 g/mol. The molecule has 0 spiro atoms. The number of hydrogen-bond donors (Lipinski definition) is 3. The van der Waals surface area contributed by atoms with Crippen LogP contribution in [0.3, 0.4) is 0 Å². The van der Waals surface area contributed by atoms with Gasteiger partial charge in [0.05, 0.1) is 5.56 Å². The van der Waals surface area contributed by atoms with Crippen LogP contribution in [-0.4, -0.2) is 54.7 Å². The third-order valence-corrected chi connectivity index (χ3v) is 6.05. The largest absolute Gasteiger partial charge is 0.508 e. The summed E-state index contributed by atoms with van der Waals surface area (Å²) in [5, 5.41) is 13.4. The van der Waals surface area contributed by atoms with E-state index in [-0.39, 0.29) is 11.8 Å². The van der Waals surface area contributed by atoms with Crippen molar-refractivity contribution in [3.63, 3.8) is 0 Å². The quantitative estimate of drug-likeness (QED) is 0.511. The predicted octanol–water partition coefficient (Wildman–Crippen LogP) is 3.34. The Morgan fingerprint density at radius 1 is 0.938 bits per heavy atom. The molecule has 1 fully saturated rings. The number of piperazine rings is 1. The van der Waals surface area contributed by atoms with Gasteiger partial charge < -0.3 is 21.1 Å². The second-order valence-corrected chi connectivity index (χ2v) is 8.18. The van der Waals surface area contributed by atoms with Gasteiger partial charge in [-0.3, -0.25) is 9.69 Å². The molecule has 0 aliphatic carbocycles. The molecule has 0 bridgehead atoms. The number of nitrogens with two attached hydrogens (primary N) is 1. The Morgan fingerprint density at radius 2 is 1.66 bits per heavy atom. The number of nitrogens with zero attached hydrogens (tertiary/aromatic N) is 2. The van der Waals surface area contributed by atoms with Gasteiger partial charge in [-0.25, -0.2) is 0 Å². The molecule has 1 aliphatic heterocycles. The fourth-order valence-electron chi connectivity index (χ4n) is 4.35. The lowest BCUT2D eigenvalue weighted by Gasteiger charge is -2.40. The number of para-hydroxylation sites is 2. The Bertz CT molecular complexity index is 1030. The van der Waals surface area contributed by atoms with Crippen molar-refractivity contribution in [3.8, 4) is 5.75 Å². The number of benzene rings is 3. The number of nitrogens with one attached hydrogen (secondary N) is 1. The summed E-state index contributed by atoms with van der Waals surface area (Å²) >= 11 is 0. The summed E-state index contributed by atoms with van der Waals surface area (Å²) in [6, 6.07) is 25.5. The van der Waals surface area contributed by atoms with Crippen LogP contribution >= 0.6 is 0 Å². The molecule has 6 heteroatoms. The maximum Gasteiger partial charge on any atom is 0.250 e. The molecule has 1 aliphatic rings. The summed E-state index contributed by atoms with van der Waals surface area (Å²) < 4.78 is 0.